The lowest BCUT2D eigenvalue weighted by Gasteiger charge is -2.40. The number of hydrogen-bond acceptors (Lipinski definition) is 7. The van der Waals surface area contributed by atoms with Gasteiger partial charge in [0.05, 0.1) is 13.2 Å². The van der Waals surface area contributed by atoms with Crippen molar-refractivity contribution in [3.63, 3.8) is 0 Å². The number of hydrogen-bond donors (Lipinski definition) is 1. The molecule has 188 valence electrons. The van der Waals surface area contributed by atoms with Crippen molar-refractivity contribution >= 4 is 27.7 Å². The van der Waals surface area contributed by atoms with Crippen LogP contribution in [0.1, 0.15) is 49.7 Å². The zero-order valence-corrected chi connectivity index (χ0v) is 22.0. The molecule has 7 nitrogen and oxygen atoms in total. The Morgan fingerprint density at radius 2 is 1.83 bits per heavy atom. The molecular weight excluding hydrogens is 526 g/mol. The van der Waals surface area contributed by atoms with Crippen LogP contribution >= 0.6 is 15.9 Å². The molecule has 3 aliphatic rings. The Bertz CT molecular complexity index is 1270. The Balaban J connectivity index is 1.60. The zero-order valence-electron chi connectivity index (χ0n) is 20.4. The molecule has 5 rings (SSSR count). The van der Waals surface area contributed by atoms with E-state index in [2.05, 4.69) is 27.8 Å². The summed E-state index contributed by atoms with van der Waals surface area (Å²) in [5.41, 5.74) is 3.72. The summed E-state index contributed by atoms with van der Waals surface area (Å²) < 4.78 is 22.8. The number of nitrogens with one attached hydrogen (secondary N) is 1. The molecule has 1 N–H and O–H groups in total. The highest BCUT2D eigenvalue weighted by molar-refractivity contribution is 9.10. The van der Waals surface area contributed by atoms with E-state index < -0.39 is 17.8 Å². The Hall–Kier alpha value is -3.26. The monoisotopic (exact) mass is 553 g/mol. The van der Waals surface area contributed by atoms with Crippen molar-refractivity contribution in [3.05, 3.63) is 75.5 Å². The minimum atomic E-state index is -0.774. The number of rotatable bonds is 5. The van der Waals surface area contributed by atoms with Crippen molar-refractivity contribution in [3.8, 4) is 17.2 Å². The molecular formula is C28H28BrNO6. The van der Waals surface area contributed by atoms with Crippen molar-refractivity contribution in [2.24, 2.45) is 5.92 Å². The van der Waals surface area contributed by atoms with Crippen LogP contribution < -0.4 is 19.5 Å². The molecule has 0 bridgehead atoms. The fourth-order valence-corrected chi connectivity index (χ4v) is 5.82. The molecule has 3 unspecified atom stereocenters. The molecule has 2 aromatic carbocycles. The lowest BCUT2D eigenvalue weighted by molar-refractivity contribution is -0.151. The first-order valence-electron chi connectivity index (χ1n) is 11.9. The highest BCUT2D eigenvalue weighted by Crippen LogP contribution is 2.51. The van der Waals surface area contributed by atoms with Crippen molar-refractivity contribution < 1.29 is 28.5 Å². The van der Waals surface area contributed by atoms with Gasteiger partial charge in [-0.3, -0.25) is 9.59 Å². The molecule has 2 aromatic rings. The Morgan fingerprint density at radius 3 is 2.50 bits per heavy atom. The summed E-state index contributed by atoms with van der Waals surface area (Å²) in [6.07, 6.45) is 0.657. The molecule has 0 saturated heterocycles. The van der Waals surface area contributed by atoms with Crippen molar-refractivity contribution in [2.45, 2.75) is 44.6 Å². The fourth-order valence-electron chi connectivity index (χ4n) is 5.25. The Morgan fingerprint density at radius 1 is 1.14 bits per heavy atom. The van der Waals surface area contributed by atoms with Crippen molar-refractivity contribution in [1.29, 1.82) is 0 Å². The molecule has 2 heterocycles. The predicted molar refractivity (Wildman–Crippen MR) is 137 cm³/mol. The highest BCUT2D eigenvalue weighted by Gasteiger charge is 2.46. The number of ether oxygens (including phenoxy) is 4. The first kappa shape index (κ1) is 24.4. The smallest absolute Gasteiger partial charge is 0.316 e. The molecule has 0 spiro atoms. The number of fused-ring (bicyclic) bond motifs is 1. The third kappa shape index (κ3) is 4.39. The van der Waals surface area contributed by atoms with E-state index in [0.717, 1.165) is 27.0 Å². The normalized spacial score (nSPS) is 22.9. The van der Waals surface area contributed by atoms with Gasteiger partial charge in [-0.1, -0.05) is 34.6 Å². The molecule has 1 aliphatic carbocycles. The van der Waals surface area contributed by atoms with Crippen LogP contribution in [0.2, 0.25) is 0 Å². The molecule has 0 saturated carbocycles. The largest absolute Gasteiger partial charge is 0.497 e. The van der Waals surface area contributed by atoms with E-state index in [0.29, 0.717) is 35.6 Å². The van der Waals surface area contributed by atoms with Crippen molar-refractivity contribution in [2.75, 3.05) is 13.9 Å². The van der Waals surface area contributed by atoms with E-state index in [9.17, 15) is 9.59 Å². The Kier molecular flexibility index (Phi) is 6.55. The van der Waals surface area contributed by atoms with Gasteiger partial charge in [0.1, 0.15) is 11.7 Å². The minimum Gasteiger partial charge on any atom is -0.497 e. The third-order valence-electron chi connectivity index (χ3n) is 6.86. The first-order chi connectivity index (χ1) is 17.3. The van der Waals surface area contributed by atoms with E-state index in [1.165, 1.54) is 0 Å². The van der Waals surface area contributed by atoms with E-state index in [1.807, 2.05) is 36.4 Å². The van der Waals surface area contributed by atoms with Crippen LogP contribution in [0.3, 0.4) is 0 Å². The maximum absolute atomic E-state index is 13.8. The van der Waals surface area contributed by atoms with Gasteiger partial charge in [0, 0.05) is 33.8 Å². The summed E-state index contributed by atoms with van der Waals surface area (Å²) in [6.45, 7) is 7.93. The quantitative estimate of drug-likeness (QED) is 0.499. The molecule has 36 heavy (non-hydrogen) atoms. The number of ketones is 1. The van der Waals surface area contributed by atoms with Gasteiger partial charge in [-0.2, -0.15) is 0 Å². The number of halogens is 1. The number of benzene rings is 2. The van der Waals surface area contributed by atoms with Gasteiger partial charge in [-0.25, -0.2) is 0 Å². The fraction of sp³-hybridized carbons (Fsp3) is 0.357. The van der Waals surface area contributed by atoms with Crippen LogP contribution in [-0.2, 0) is 14.3 Å². The van der Waals surface area contributed by atoms with Crippen LogP contribution in [0.25, 0.3) is 0 Å². The highest BCUT2D eigenvalue weighted by atomic mass is 79.9. The molecule has 0 aromatic heterocycles. The zero-order chi connectivity index (χ0) is 25.6. The average molecular weight is 554 g/mol. The molecule has 0 amide bonds. The molecule has 2 aliphatic heterocycles. The summed E-state index contributed by atoms with van der Waals surface area (Å²) in [5.74, 6) is 0.185. The van der Waals surface area contributed by atoms with Crippen LogP contribution in [0.5, 0.6) is 17.2 Å². The number of esters is 1. The van der Waals surface area contributed by atoms with Gasteiger partial charge in [0.25, 0.3) is 0 Å². The molecule has 3 atom stereocenters. The van der Waals surface area contributed by atoms with Crippen LogP contribution in [-0.4, -0.2) is 31.8 Å². The van der Waals surface area contributed by atoms with E-state index in [1.54, 1.807) is 21.0 Å². The number of methoxy groups -OCH3 is 1. The summed E-state index contributed by atoms with van der Waals surface area (Å²) in [4.78, 5) is 27.1. The maximum atomic E-state index is 13.8. The number of carbonyl (C=O) groups excluding carboxylic acids is 2. The third-order valence-corrected chi connectivity index (χ3v) is 7.55. The first-order valence-corrected chi connectivity index (χ1v) is 12.7. The second kappa shape index (κ2) is 9.65. The average Bonchev–Trinajstić information content (AvgIpc) is 3.29. The second-order valence-electron chi connectivity index (χ2n) is 9.51. The van der Waals surface area contributed by atoms with Gasteiger partial charge < -0.3 is 24.3 Å². The van der Waals surface area contributed by atoms with Crippen LogP contribution in [0.4, 0.5) is 0 Å². The van der Waals surface area contributed by atoms with Gasteiger partial charge in [-0.15, -0.1) is 0 Å². The SMILES string of the molecule is C=C1NC2=C(C(=O)CC(c3ccc(OC)cc3)C2)C(c2cc3c(cc2Br)OCO3)C1C(=O)OC(C)C. The summed E-state index contributed by atoms with van der Waals surface area (Å²) >= 11 is 3.65. The van der Waals surface area contributed by atoms with Gasteiger partial charge in [0.15, 0.2) is 17.3 Å². The minimum absolute atomic E-state index is 0.00228. The number of carbonyl (C=O) groups is 2. The van der Waals surface area contributed by atoms with Crippen LogP contribution in [0, 0.1) is 5.92 Å². The van der Waals surface area contributed by atoms with Gasteiger partial charge in [0.2, 0.25) is 6.79 Å². The summed E-state index contributed by atoms with van der Waals surface area (Å²) in [6, 6.07) is 11.5. The molecule has 0 fully saturated rings. The van der Waals surface area contributed by atoms with Crippen LogP contribution in [0.15, 0.2) is 64.4 Å². The maximum Gasteiger partial charge on any atom is 0.316 e. The van der Waals surface area contributed by atoms with Gasteiger partial charge >= 0.3 is 5.97 Å². The number of allylic oxidation sites excluding steroid dienone is 2. The lowest BCUT2D eigenvalue weighted by Crippen LogP contribution is -2.42. The molecule has 8 heteroatoms. The van der Waals surface area contributed by atoms with E-state index >= 15 is 0 Å². The van der Waals surface area contributed by atoms with E-state index in [4.69, 9.17) is 18.9 Å². The second-order valence-corrected chi connectivity index (χ2v) is 10.4. The lowest BCUT2D eigenvalue weighted by atomic mass is 9.69. The van der Waals surface area contributed by atoms with Crippen molar-refractivity contribution in [1.82, 2.24) is 5.32 Å². The predicted octanol–water partition coefficient (Wildman–Crippen LogP) is 5.36. The van der Waals surface area contributed by atoms with E-state index in [-0.39, 0.29) is 24.6 Å². The molecule has 0 radical (unpaired) electrons. The number of Topliss-reactive ketones (excluding diaryl/α,β-unsaturated/α-hetero) is 1. The Labute approximate surface area is 218 Å². The standard InChI is InChI=1S/C28H28BrNO6/c1-14(2)36-28(32)25-15(3)30-21-9-17(16-5-7-18(33-4)8-6-16)10-22(31)27(21)26(25)19-11-23-24(12-20(19)29)35-13-34-23/h5-8,11-12,14,17,25-26,30H,3,9-10,13H2,1-2,4H3. The summed E-state index contributed by atoms with van der Waals surface area (Å²) in [7, 11) is 1.63. The van der Waals surface area contributed by atoms with Gasteiger partial charge in [-0.05, 0) is 61.6 Å². The topological polar surface area (TPSA) is 83.1 Å². The summed E-state index contributed by atoms with van der Waals surface area (Å²) in [5, 5.41) is 3.31.